The summed E-state index contributed by atoms with van der Waals surface area (Å²) in [5, 5.41) is 0. The van der Waals surface area contributed by atoms with Crippen LogP contribution in [0.15, 0.2) is 22.8 Å². The molecule has 0 saturated heterocycles. The summed E-state index contributed by atoms with van der Waals surface area (Å²) in [6.45, 7) is 6.70. The maximum atomic E-state index is 13.4. The van der Waals surface area contributed by atoms with Crippen LogP contribution in [0.2, 0.25) is 0 Å². The van der Waals surface area contributed by atoms with Crippen molar-refractivity contribution in [3.05, 3.63) is 24.2 Å². The van der Waals surface area contributed by atoms with Gasteiger partial charge in [-0.2, -0.15) is 0 Å². The molecule has 0 unspecified atom stereocenters. The van der Waals surface area contributed by atoms with Gasteiger partial charge in [0.1, 0.15) is 11.4 Å². The minimum atomic E-state index is -3.92. The Kier molecular flexibility index (Phi) is 8.89. The van der Waals surface area contributed by atoms with E-state index >= 15 is 0 Å². The van der Waals surface area contributed by atoms with Crippen LogP contribution >= 0.6 is 7.60 Å². The van der Waals surface area contributed by atoms with Crippen molar-refractivity contribution in [2.75, 3.05) is 26.4 Å². The number of carbonyl (C=O) groups excluding carboxylic acids is 2. The second-order valence-corrected chi connectivity index (χ2v) is 6.97. The fraction of sp³-hybridized carbons (Fsp3) is 0.625. The summed E-state index contributed by atoms with van der Waals surface area (Å²) < 4.78 is 39.4. The lowest BCUT2D eigenvalue weighted by Crippen LogP contribution is -2.34. The number of ether oxygens (including phenoxy) is 2. The van der Waals surface area contributed by atoms with Gasteiger partial charge in [-0.1, -0.05) is 0 Å². The third-order valence-electron chi connectivity index (χ3n) is 3.19. The molecule has 1 aromatic rings. The topological polar surface area (TPSA) is 101 Å². The minimum Gasteiger partial charge on any atom is -0.468 e. The van der Waals surface area contributed by atoms with Crippen molar-refractivity contribution in [2.24, 2.45) is 5.92 Å². The third-order valence-corrected chi connectivity index (χ3v) is 5.66. The van der Waals surface area contributed by atoms with Crippen LogP contribution in [0.4, 0.5) is 0 Å². The summed E-state index contributed by atoms with van der Waals surface area (Å²) in [7, 11) is -3.92. The fourth-order valence-electron chi connectivity index (χ4n) is 2.34. The summed E-state index contributed by atoms with van der Waals surface area (Å²) in [6.07, 6.45) is 1.35. The van der Waals surface area contributed by atoms with Gasteiger partial charge in [0, 0.05) is 0 Å². The van der Waals surface area contributed by atoms with Gasteiger partial charge in [0.05, 0.1) is 32.7 Å². The maximum absolute atomic E-state index is 13.4. The second-order valence-electron chi connectivity index (χ2n) is 4.82. The summed E-state index contributed by atoms with van der Waals surface area (Å²) in [5.41, 5.74) is -1.31. The zero-order valence-corrected chi connectivity index (χ0v) is 15.8. The minimum absolute atomic E-state index is 0.0488. The lowest BCUT2D eigenvalue weighted by Gasteiger charge is -2.28. The van der Waals surface area contributed by atoms with Gasteiger partial charge >= 0.3 is 19.5 Å². The van der Waals surface area contributed by atoms with E-state index in [-0.39, 0.29) is 32.2 Å². The van der Waals surface area contributed by atoms with E-state index in [2.05, 4.69) is 0 Å². The maximum Gasteiger partial charge on any atom is 0.342 e. The number of hydrogen-bond acceptors (Lipinski definition) is 8. The van der Waals surface area contributed by atoms with Crippen LogP contribution in [0.25, 0.3) is 0 Å². The molecular weight excluding hydrogens is 351 g/mol. The molecule has 142 valence electrons. The molecule has 0 saturated carbocycles. The molecule has 0 spiro atoms. The lowest BCUT2D eigenvalue weighted by atomic mass is 10.0. The van der Waals surface area contributed by atoms with Crippen LogP contribution in [0, 0.1) is 5.92 Å². The second kappa shape index (κ2) is 10.4. The number of hydrogen-bond donors (Lipinski definition) is 0. The smallest absolute Gasteiger partial charge is 0.342 e. The molecule has 1 rings (SSSR count). The Morgan fingerprint density at radius 1 is 1.00 bits per heavy atom. The molecule has 8 nitrogen and oxygen atoms in total. The highest BCUT2D eigenvalue weighted by molar-refractivity contribution is 7.54. The van der Waals surface area contributed by atoms with E-state index < -0.39 is 31.1 Å². The van der Waals surface area contributed by atoms with Crippen molar-refractivity contribution < 1.29 is 37.1 Å². The Bertz CT molecular complexity index is 555. The SMILES string of the molecule is CCOC(=O)C(C(=O)OCC)[C@@H](c1ccco1)P(=O)(OCC)OCC. The van der Waals surface area contributed by atoms with Gasteiger partial charge in [-0.05, 0) is 39.8 Å². The molecule has 0 aliphatic heterocycles. The quantitative estimate of drug-likeness (QED) is 0.329. The van der Waals surface area contributed by atoms with Crippen LogP contribution < -0.4 is 0 Å². The summed E-state index contributed by atoms with van der Waals surface area (Å²) >= 11 is 0. The molecule has 9 heteroatoms. The van der Waals surface area contributed by atoms with E-state index in [0.717, 1.165) is 0 Å². The first-order valence-electron chi connectivity index (χ1n) is 8.20. The Hall–Kier alpha value is -1.63. The van der Waals surface area contributed by atoms with Crippen LogP contribution in [-0.4, -0.2) is 38.4 Å². The molecular formula is C16H25O8P. The first-order valence-corrected chi connectivity index (χ1v) is 9.81. The van der Waals surface area contributed by atoms with Gasteiger partial charge in [0.15, 0.2) is 5.92 Å². The Labute approximate surface area is 147 Å². The van der Waals surface area contributed by atoms with E-state index in [1.165, 1.54) is 12.3 Å². The molecule has 0 aliphatic rings. The molecule has 1 atom stereocenters. The third kappa shape index (κ3) is 5.42. The van der Waals surface area contributed by atoms with E-state index in [4.69, 9.17) is 22.9 Å². The Morgan fingerprint density at radius 3 is 1.88 bits per heavy atom. The molecule has 0 radical (unpaired) electrons. The Morgan fingerprint density at radius 2 is 1.52 bits per heavy atom. The number of esters is 2. The number of furan rings is 1. The van der Waals surface area contributed by atoms with Gasteiger partial charge in [0.2, 0.25) is 0 Å². The van der Waals surface area contributed by atoms with Crippen molar-refractivity contribution in [3.8, 4) is 0 Å². The van der Waals surface area contributed by atoms with Gasteiger partial charge < -0.3 is 22.9 Å². The monoisotopic (exact) mass is 376 g/mol. The van der Waals surface area contributed by atoms with E-state index in [1.54, 1.807) is 33.8 Å². The average Bonchev–Trinajstić information content (AvgIpc) is 3.06. The summed E-state index contributed by atoms with van der Waals surface area (Å²) in [4.78, 5) is 24.9. The molecule has 0 fully saturated rings. The van der Waals surface area contributed by atoms with E-state index in [9.17, 15) is 14.2 Å². The van der Waals surface area contributed by atoms with Gasteiger partial charge in [-0.3, -0.25) is 14.2 Å². The van der Waals surface area contributed by atoms with Crippen LogP contribution in [0.1, 0.15) is 39.1 Å². The first-order chi connectivity index (χ1) is 11.9. The molecule has 0 amide bonds. The molecule has 0 aromatic carbocycles. The highest BCUT2D eigenvalue weighted by Gasteiger charge is 2.52. The van der Waals surface area contributed by atoms with Crippen molar-refractivity contribution >= 4 is 19.5 Å². The average molecular weight is 376 g/mol. The number of carbonyl (C=O) groups is 2. The van der Waals surface area contributed by atoms with E-state index in [1.807, 2.05) is 0 Å². The molecule has 25 heavy (non-hydrogen) atoms. The molecule has 1 aromatic heterocycles. The molecule has 1 heterocycles. The predicted molar refractivity (Wildman–Crippen MR) is 89.1 cm³/mol. The van der Waals surface area contributed by atoms with Gasteiger partial charge in [0.25, 0.3) is 0 Å². The lowest BCUT2D eigenvalue weighted by molar-refractivity contribution is -0.162. The Balaban J connectivity index is 3.46. The van der Waals surface area contributed by atoms with E-state index in [0.29, 0.717) is 0 Å². The van der Waals surface area contributed by atoms with Crippen LogP contribution in [0.3, 0.4) is 0 Å². The van der Waals surface area contributed by atoms with Crippen molar-refractivity contribution in [1.82, 2.24) is 0 Å². The highest BCUT2D eigenvalue weighted by Crippen LogP contribution is 2.64. The summed E-state index contributed by atoms with van der Waals surface area (Å²) in [6, 6.07) is 3.05. The van der Waals surface area contributed by atoms with Crippen molar-refractivity contribution in [1.29, 1.82) is 0 Å². The van der Waals surface area contributed by atoms with Crippen LogP contribution in [0.5, 0.6) is 0 Å². The standard InChI is InChI=1S/C16H25O8P/c1-5-20-15(17)13(16(18)21-6-2)14(12-10-9-11-22-12)25(19,23-7-3)24-8-4/h9-11,13-14H,5-8H2,1-4H3/t14-/m1/s1. The normalized spacial score (nSPS) is 12.8. The number of rotatable bonds is 11. The highest BCUT2D eigenvalue weighted by atomic mass is 31.2. The zero-order valence-electron chi connectivity index (χ0n) is 14.9. The predicted octanol–water partition coefficient (Wildman–Crippen LogP) is 3.33. The molecule has 0 aliphatic carbocycles. The largest absolute Gasteiger partial charge is 0.468 e. The summed E-state index contributed by atoms with van der Waals surface area (Å²) in [5.74, 6) is -3.16. The zero-order chi connectivity index (χ0) is 18.9. The molecule has 0 bridgehead atoms. The van der Waals surface area contributed by atoms with Crippen molar-refractivity contribution in [2.45, 2.75) is 33.4 Å². The molecule has 0 N–H and O–H groups in total. The fourth-order valence-corrected chi connectivity index (χ4v) is 4.52. The van der Waals surface area contributed by atoms with Gasteiger partial charge in [-0.15, -0.1) is 0 Å². The van der Waals surface area contributed by atoms with Crippen LogP contribution in [-0.2, 0) is 32.7 Å². The first kappa shape index (κ1) is 21.4. The van der Waals surface area contributed by atoms with Gasteiger partial charge in [-0.25, -0.2) is 0 Å². The van der Waals surface area contributed by atoms with Crippen molar-refractivity contribution in [3.63, 3.8) is 0 Å².